The zero-order chi connectivity index (χ0) is 15.6. The number of rotatable bonds is 4. The van der Waals surface area contributed by atoms with Gasteiger partial charge in [-0.25, -0.2) is 4.79 Å². The van der Waals surface area contributed by atoms with Crippen LogP contribution in [0.4, 0.5) is 0 Å². The molecule has 0 bridgehead atoms. The van der Waals surface area contributed by atoms with Crippen molar-refractivity contribution in [1.29, 1.82) is 0 Å². The fraction of sp³-hybridized carbons (Fsp3) is 0.200. The number of hydrogen-bond acceptors (Lipinski definition) is 5. The molecule has 2 aromatic rings. The van der Waals surface area contributed by atoms with Gasteiger partial charge in [0.05, 0.1) is 18.2 Å². The van der Waals surface area contributed by atoms with Gasteiger partial charge in [0.2, 0.25) is 0 Å². The first-order chi connectivity index (χ1) is 9.97. The van der Waals surface area contributed by atoms with E-state index >= 15 is 0 Å². The van der Waals surface area contributed by atoms with Gasteiger partial charge in [0, 0.05) is 10.0 Å². The zero-order valence-electron chi connectivity index (χ0n) is 11.6. The molecule has 0 amide bonds. The Bertz CT molecular complexity index is 693. The molecule has 1 N–H and O–H groups in total. The predicted molar refractivity (Wildman–Crippen MR) is 80.5 cm³/mol. The summed E-state index contributed by atoms with van der Waals surface area (Å²) in [5.41, 5.74) is 1.54. The van der Waals surface area contributed by atoms with Crippen LogP contribution in [-0.4, -0.2) is 23.3 Å². The third kappa shape index (κ3) is 2.91. The Morgan fingerprint density at radius 2 is 2.14 bits per heavy atom. The molecule has 0 spiro atoms. The maximum Gasteiger partial charge on any atom is 0.336 e. The summed E-state index contributed by atoms with van der Waals surface area (Å²) >= 11 is 3.43. The van der Waals surface area contributed by atoms with Crippen LogP contribution in [0.25, 0.3) is 11.3 Å². The fourth-order valence-corrected chi connectivity index (χ4v) is 2.44. The van der Waals surface area contributed by atoms with Gasteiger partial charge < -0.3 is 14.4 Å². The van der Waals surface area contributed by atoms with Gasteiger partial charge in [-0.05, 0) is 13.0 Å². The molecule has 1 heterocycles. The van der Waals surface area contributed by atoms with E-state index in [0.29, 0.717) is 17.0 Å². The molecule has 1 unspecified atom stereocenters. The Hall–Kier alpha value is -1.92. The molecule has 1 atom stereocenters. The number of carbonyl (C=O) groups is 1. The van der Waals surface area contributed by atoms with Crippen LogP contribution in [0.2, 0.25) is 0 Å². The van der Waals surface area contributed by atoms with Crippen LogP contribution in [-0.2, 0) is 9.53 Å². The first kappa shape index (κ1) is 15.5. The van der Waals surface area contributed by atoms with Crippen LogP contribution in [0.3, 0.4) is 0 Å². The molecule has 1 aromatic heterocycles. The van der Waals surface area contributed by atoms with E-state index in [1.165, 1.54) is 7.11 Å². The number of hydrogen-bond donors (Lipinski definition) is 1. The minimum Gasteiger partial charge on any atom is -0.466 e. The molecule has 110 valence electrons. The number of carbonyl (C=O) groups excluding carboxylic acids is 1. The SMILES string of the molecule is C=C(C(=O)OC)C(O)c1c(-c2ccccc2Br)noc1C. The Kier molecular flexibility index (Phi) is 4.59. The number of aliphatic hydroxyl groups excluding tert-OH is 1. The van der Waals surface area contributed by atoms with Crippen molar-refractivity contribution < 1.29 is 19.2 Å². The van der Waals surface area contributed by atoms with Gasteiger partial charge >= 0.3 is 5.97 Å². The van der Waals surface area contributed by atoms with Crippen LogP contribution in [0.5, 0.6) is 0 Å². The van der Waals surface area contributed by atoms with E-state index in [1.54, 1.807) is 6.92 Å². The Morgan fingerprint density at radius 1 is 1.48 bits per heavy atom. The molecule has 0 aliphatic rings. The van der Waals surface area contributed by atoms with Crippen LogP contribution in [0, 0.1) is 6.92 Å². The molecule has 5 nitrogen and oxygen atoms in total. The summed E-state index contributed by atoms with van der Waals surface area (Å²) in [6.07, 6.45) is -1.24. The molecule has 21 heavy (non-hydrogen) atoms. The van der Waals surface area contributed by atoms with Gasteiger partial charge in [-0.2, -0.15) is 0 Å². The maximum absolute atomic E-state index is 11.5. The summed E-state index contributed by atoms with van der Waals surface area (Å²) < 4.78 is 10.5. The molecule has 0 saturated heterocycles. The molecule has 0 radical (unpaired) electrons. The largest absolute Gasteiger partial charge is 0.466 e. The molecule has 6 heteroatoms. The number of esters is 1. The van der Waals surface area contributed by atoms with E-state index in [4.69, 9.17) is 4.52 Å². The number of nitrogens with zero attached hydrogens (tertiary/aromatic N) is 1. The summed E-state index contributed by atoms with van der Waals surface area (Å²) in [7, 11) is 1.23. The second kappa shape index (κ2) is 6.24. The standard InChI is InChI=1S/C15H14BrNO4/c1-8(15(19)20-3)14(18)12-9(2)21-17-13(12)10-6-4-5-7-11(10)16/h4-7,14,18H,1H2,2-3H3. The van der Waals surface area contributed by atoms with Crippen LogP contribution >= 0.6 is 15.9 Å². The zero-order valence-corrected chi connectivity index (χ0v) is 13.2. The molecule has 0 aliphatic heterocycles. The Balaban J connectivity index is 2.51. The molecule has 2 rings (SSSR count). The first-order valence-electron chi connectivity index (χ1n) is 6.13. The van der Waals surface area contributed by atoms with Gasteiger partial charge in [0.1, 0.15) is 17.6 Å². The van der Waals surface area contributed by atoms with Crippen molar-refractivity contribution in [2.24, 2.45) is 0 Å². The quantitative estimate of drug-likeness (QED) is 0.676. The second-order valence-corrected chi connectivity index (χ2v) is 5.25. The van der Waals surface area contributed by atoms with E-state index in [1.807, 2.05) is 24.3 Å². The number of aromatic nitrogens is 1. The Labute approximate surface area is 130 Å². The molecule has 0 saturated carbocycles. The molecule has 0 fully saturated rings. The predicted octanol–water partition coefficient (Wildman–Crippen LogP) is 3.18. The lowest BCUT2D eigenvalue weighted by Gasteiger charge is -2.13. The van der Waals surface area contributed by atoms with Crippen molar-refractivity contribution in [2.75, 3.05) is 7.11 Å². The summed E-state index contributed by atoms with van der Waals surface area (Å²) in [4.78, 5) is 11.5. The number of halogens is 1. The minimum absolute atomic E-state index is 0.0721. The summed E-state index contributed by atoms with van der Waals surface area (Å²) in [5.74, 6) is -0.264. The lowest BCUT2D eigenvalue weighted by Crippen LogP contribution is -2.13. The maximum atomic E-state index is 11.5. The average molecular weight is 352 g/mol. The highest BCUT2D eigenvalue weighted by Gasteiger charge is 2.28. The van der Waals surface area contributed by atoms with E-state index < -0.39 is 12.1 Å². The van der Waals surface area contributed by atoms with Crippen molar-refractivity contribution in [3.05, 3.63) is 52.2 Å². The monoisotopic (exact) mass is 351 g/mol. The number of benzene rings is 1. The minimum atomic E-state index is -1.24. The van der Waals surface area contributed by atoms with E-state index in [0.717, 1.165) is 10.0 Å². The Morgan fingerprint density at radius 3 is 2.76 bits per heavy atom. The van der Waals surface area contributed by atoms with Crippen LogP contribution in [0.15, 0.2) is 45.4 Å². The molecular formula is C15H14BrNO4. The molecule has 1 aromatic carbocycles. The normalized spacial score (nSPS) is 12.0. The number of aryl methyl sites for hydroxylation is 1. The van der Waals surface area contributed by atoms with Gasteiger partial charge in [0.25, 0.3) is 0 Å². The number of aliphatic hydroxyl groups is 1. The summed E-state index contributed by atoms with van der Waals surface area (Å²) in [5, 5.41) is 14.4. The lowest BCUT2D eigenvalue weighted by molar-refractivity contribution is -0.137. The van der Waals surface area contributed by atoms with Gasteiger partial charge in [0.15, 0.2) is 0 Å². The first-order valence-corrected chi connectivity index (χ1v) is 6.93. The van der Waals surface area contributed by atoms with Crippen molar-refractivity contribution in [2.45, 2.75) is 13.0 Å². The summed E-state index contributed by atoms with van der Waals surface area (Å²) in [6, 6.07) is 7.39. The third-order valence-electron chi connectivity index (χ3n) is 3.09. The summed E-state index contributed by atoms with van der Waals surface area (Å²) in [6.45, 7) is 5.24. The van der Waals surface area contributed by atoms with Gasteiger partial charge in [-0.1, -0.05) is 45.9 Å². The van der Waals surface area contributed by atoms with Crippen molar-refractivity contribution in [1.82, 2.24) is 5.16 Å². The van der Waals surface area contributed by atoms with Crippen LogP contribution in [0.1, 0.15) is 17.4 Å². The topological polar surface area (TPSA) is 72.6 Å². The lowest BCUT2D eigenvalue weighted by atomic mass is 9.97. The smallest absolute Gasteiger partial charge is 0.336 e. The van der Waals surface area contributed by atoms with Crippen molar-refractivity contribution in [3.8, 4) is 11.3 Å². The highest BCUT2D eigenvalue weighted by atomic mass is 79.9. The van der Waals surface area contributed by atoms with Crippen LogP contribution < -0.4 is 0 Å². The van der Waals surface area contributed by atoms with Crippen molar-refractivity contribution in [3.63, 3.8) is 0 Å². The van der Waals surface area contributed by atoms with Crippen molar-refractivity contribution >= 4 is 21.9 Å². The van der Waals surface area contributed by atoms with Gasteiger partial charge in [-0.3, -0.25) is 0 Å². The van der Waals surface area contributed by atoms with Gasteiger partial charge in [-0.15, -0.1) is 0 Å². The highest BCUT2D eigenvalue weighted by Crippen LogP contribution is 2.36. The molecular weight excluding hydrogens is 338 g/mol. The number of methoxy groups -OCH3 is 1. The van der Waals surface area contributed by atoms with E-state index in [-0.39, 0.29) is 5.57 Å². The third-order valence-corrected chi connectivity index (χ3v) is 3.78. The second-order valence-electron chi connectivity index (χ2n) is 4.40. The fourth-order valence-electron chi connectivity index (χ4n) is 1.97. The number of ether oxygens (including phenoxy) is 1. The van der Waals surface area contributed by atoms with E-state index in [9.17, 15) is 9.90 Å². The average Bonchev–Trinajstić information content (AvgIpc) is 2.87. The molecule has 0 aliphatic carbocycles. The highest BCUT2D eigenvalue weighted by molar-refractivity contribution is 9.10. The van der Waals surface area contributed by atoms with E-state index in [2.05, 4.69) is 32.4 Å².